The minimum Gasteiger partial charge on any atom is -1.00 e. The van der Waals surface area contributed by atoms with E-state index in [9.17, 15) is 4.79 Å². The molecule has 0 saturated carbocycles. The van der Waals surface area contributed by atoms with Crippen molar-refractivity contribution in [1.29, 1.82) is 0 Å². The molecular formula is C11H9NaO2. The van der Waals surface area contributed by atoms with Crippen LogP contribution in [-0.4, -0.2) is 11.1 Å². The van der Waals surface area contributed by atoms with Crippen LogP contribution in [0.25, 0.3) is 10.8 Å². The van der Waals surface area contributed by atoms with Gasteiger partial charge in [-0.25, -0.2) is 4.79 Å². The van der Waals surface area contributed by atoms with Crippen molar-refractivity contribution >= 4 is 16.7 Å². The molecule has 14 heavy (non-hydrogen) atoms. The second-order valence-electron chi connectivity index (χ2n) is 2.87. The van der Waals surface area contributed by atoms with Gasteiger partial charge in [0.25, 0.3) is 0 Å². The van der Waals surface area contributed by atoms with Crippen molar-refractivity contribution < 1.29 is 40.9 Å². The Morgan fingerprint density at radius 3 is 2.36 bits per heavy atom. The molecule has 0 unspecified atom stereocenters. The predicted molar refractivity (Wildman–Crippen MR) is 52.0 cm³/mol. The minimum absolute atomic E-state index is 0. The normalized spacial score (nSPS) is 9.43. The molecule has 2 nitrogen and oxygen atoms in total. The van der Waals surface area contributed by atoms with Crippen LogP contribution in [0.1, 0.15) is 11.8 Å². The third-order valence-corrected chi connectivity index (χ3v) is 2.00. The van der Waals surface area contributed by atoms with Crippen LogP contribution in [0.4, 0.5) is 0 Å². The zero-order chi connectivity index (χ0) is 9.26. The van der Waals surface area contributed by atoms with E-state index in [4.69, 9.17) is 5.11 Å². The maximum Gasteiger partial charge on any atom is 1.00 e. The number of carboxylic acid groups (broad SMARTS) is 1. The second-order valence-corrected chi connectivity index (χ2v) is 2.87. The Labute approximate surface area is 105 Å². The summed E-state index contributed by atoms with van der Waals surface area (Å²) in [5.74, 6) is -0.884. The van der Waals surface area contributed by atoms with Gasteiger partial charge in [-0.05, 0) is 22.9 Å². The Morgan fingerprint density at radius 2 is 1.71 bits per heavy atom. The zero-order valence-electron chi connectivity index (χ0n) is 8.90. The zero-order valence-corrected chi connectivity index (χ0v) is 9.90. The molecule has 0 atom stereocenters. The summed E-state index contributed by atoms with van der Waals surface area (Å²) >= 11 is 0. The first-order chi connectivity index (χ1) is 6.27. The Morgan fingerprint density at radius 1 is 1.07 bits per heavy atom. The average molecular weight is 196 g/mol. The van der Waals surface area contributed by atoms with E-state index in [1.54, 1.807) is 12.1 Å². The van der Waals surface area contributed by atoms with Gasteiger partial charge in [-0.1, -0.05) is 30.3 Å². The van der Waals surface area contributed by atoms with Crippen LogP contribution >= 0.6 is 0 Å². The van der Waals surface area contributed by atoms with E-state index in [1.807, 2.05) is 30.3 Å². The molecule has 0 aliphatic carbocycles. The van der Waals surface area contributed by atoms with E-state index in [0.29, 0.717) is 5.56 Å². The molecule has 2 aromatic carbocycles. The summed E-state index contributed by atoms with van der Waals surface area (Å²) in [7, 11) is 0. The maximum absolute atomic E-state index is 10.6. The van der Waals surface area contributed by atoms with Crippen molar-refractivity contribution in [2.45, 2.75) is 0 Å². The summed E-state index contributed by atoms with van der Waals surface area (Å²) in [5.41, 5.74) is 0.332. The molecular weight excluding hydrogens is 187 g/mol. The van der Waals surface area contributed by atoms with Gasteiger partial charge in [-0.2, -0.15) is 0 Å². The van der Waals surface area contributed by atoms with Gasteiger partial charge in [0, 0.05) is 0 Å². The first kappa shape index (κ1) is 11.2. The summed E-state index contributed by atoms with van der Waals surface area (Å²) in [5, 5.41) is 10.8. The van der Waals surface area contributed by atoms with Crippen LogP contribution in [0, 0.1) is 0 Å². The van der Waals surface area contributed by atoms with Crippen molar-refractivity contribution in [3.63, 3.8) is 0 Å². The molecule has 2 rings (SSSR count). The van der Waals surface area contributed by atoms with E-state index < -0.39 is 5.97 Å². The molecule has 0 aliphatic heterocycles. The second kappa shape index (κ2) is 4.60. The van der Waals surface area contributed by atoms with Crippen molar-refractivity contribution in [1.82, 2.24) is 0 Å². The van der Waals surface area contributed by atoms with Gasteiger partial charge in [0.05, 0.1) is 5.56 Å². The van der Waals surface area contributed by atoms with E-state index >= 15 is 0 Å². The molecule has 0 aliphatic rings. The maximum atomic E-state index is 10.6. The van der Waals surface area contributed by atoms with Crippen LogP contribution in [0.3, 0.4) is 0 Å². The Hall–Kier alpha value is -0.830. The summed E-state index contributed by atoms with van der Waals surface area (Å²) < 4.78 is 0. The number of fused-ring (bicyclic) bond motifs is 1. The summed E-state index contributed by atoms with van der Waals surface area (Å²) in [6, 6.07) is 12.8. The quantitative estimate of drug-likeness (QED) is 0.633. The smallest absolute Gasteiger partial charge is 1.00 e. The number of carboxylic acids is 1. The molecule has 0 amide bonds. The topological polar surface area (TPSA) is 37.3 Å². The minimum atomic E-state index is -0.884. The summed E-state index contributed by atoms with van der Waals surface area (Å²) in [4.78, 5) is 10.6. The number of carbonyl (C=O) groups is 1. The van der Waals surface area contributed by atoms with Crippen molar-refractivity contribution in [2.24, 2.45) is 0 Å². The van der Waals surface area contributed by atoms with E-state index in [-0.39, 0.29) is 31.0 Å². The van der Waals surface area contributed by atoms with E-state index in [0.717, 1.165) is 10.8 Å². The van der Waals surface area contributed by atoms with Crippen LogP contribution in [0.15, 0.2) is 42.5 Å². The van der Waals surface area contributed by atoms with Gasteiger partial charge in [-0.15, -0.1) is 0 Å². The monoisotopic (exact) mass is 196 g/mol. The van der Waals surface area contributed by atoms with E-state index in [1.165, 1.54) is 0 Å². The van der Waals surface area contributed by atoms with Gasteiger partial charge < -0.3 is 6.53 Å². The summed E-state index contributed by atoms with van der Waals surface area (Å²) in [6.45, 7) is 0. The fourth-order valence-electron chi connectivity index (χ4n) is 1.32. The fourth-order valence-corrected chi connectivity index (χ4v) is 1.32. The predicted octanol–water partition coefficient (Wildman–Crippen LogP) is -0.346. The molecule has 0 aromatic heterocycles. The number of hydrogen-bond acceptors (Lipinski definition) is 1. The van der Waals surface area contributed by atoms with Gasteiger partial charge in [0.2, 0.25) is 0 Å². The molecule has 0 saturated heterocycles. The van der Waals surface area contributed by atoms with Crippen molar-refractivity contribution in [3.8, 4) is 0 Å². The molecule has 0 heterocycles. The number of benzene rings is 2. The molecule has 0 bridgehead atoms. The van der Waals surface area contributed by atoms with Crippen LogP contribution < -0.4 is 29.6 Å². The van der Waals surface area contributed by atoms with Gasteiger partial charge in [-0.3, -0.25) is 0 Å². The molecule has 1 N–H and O–H groups in total. The van der Waals surface area contributed by atoms with Crippen LogP contribution in [0.2, 0.25) is 0 Å². The Balaban J connectivity index is 0.000000980. The summed E-state index contributed by atoms with van der Waals surface area (Å²) in [6.07, 6.45) is 0. The van der Waals surface area contributed by atoms with Crippen molar-refractivity contribution in [2.75, 3.05) is 0 Å². The number of rotatable bonds is 1. The molecule has 0 radical (unpaired) electrons. The molecule has 0 spiro atoms. The molecule has 0 fully saturated rings. The molecule has 2 aromatic rings. The van der Waals surface area contributed by atoms with Crippen LogP contribution in [-0.2, 0) is 0 Å². The molecule has 3 heteroatoms. The number of hydrogen-bond donors (Lipinski definition) is 1. The fraction of sp³-hybridized carbons (Fsp3) is 0. The Bertz CT molecular complexity index is 471. The van der Waals surface area contributed by atoms with Gasteiger partial charge >= 0.3 is 35.5 Å². The Kier molecular flexibility index (Phi) is 3.69. The molecule has 66 valence electrons. The largest absolute Gasteiger partial charge is 1.00 e. The first-order valence-electron chi connectivity index (χ1n) is 3.99. The van der Waals surface area contributed by atoms with Gasteiger partial charge in [0.15, 0.2) is 0 Å². The third kappa shape index (κ3) is 2.15. The van der Waals surface area contributed by atoms with Crippen molar-refractivity contribution in [3.05, 3.63) is 48.0 Å². The van der Waals surface area contributed by atoms with E-state index in [2.05, 4.69) is 0 Å². The number of aromatic carboxylic acids is 1. The van der Waals surface area contributed by atoms with Gasteiger partial charge in [0.1, 0.15) is 0 Å². The SMILES string of the molecule is O=C(O)c1ccc2ccccc2c1.[H-].[Na+]. The third-order valence-electron chi connectivity index (χ3n) is 2.00. The first-order valence-corrected chi connectivity index (χ1v) is 3.99. The van der Waals surface area contributed by atoms with Crippen LogP contribution in [0.5, 0.6) is 0 Å². The standard InChI is InChI=1S/C11H8O2.Na.H/c12-11(13)10-6-5-8-3-1-2-4-9(8)7-10;;/h1-7H,(H,12,13);;/q;+1;-1. The average Bonchev–Trinajstić information content (AvgIpc) is 2.17.